The fourth-order valence-electron chi connectivity index (χ4n) is 2.80. The Morgan fingerprint density at radius 2 is 1.50 bits per heavy atom. The molecule has 5 heteroatoms. The summed E-state index contributed by atoms with van der Waals surface area (Å²) in [6.45, 7) is 8.66. The molecule has 0 heterocycles. The van der Waals surface area contributed by atoms with Crippen molar-refractivity contribution in [3.63, 3.8) is 0 Å². The summed E-state index contributed by atoms with van der Waals surface area (Å²) in [5, 5.41) is 1.11. The van der Waals surface area contributed by atoms with Crippen molar-refractivity contribution in [2.24, 2.45) is 0 Å². The van der Waals surface area contributed by atoms with Gasteiger partial charge < -0.3 is 9.47 Å². The summed E-state index contributed by atoms with van der Waals surface area (Å²) in [7, 11) is 3.19. The van der Waals surface area contributed by atoms with Gasteiger partial charge in [-0.15, -0.1) is 0 Å². The van der Waals surface area contributed by atoms with Gasteiger partial charge in [0.15, 0.2) is 5.52 Å². The Balaban J connectivity index is 0.00000338. The summed E-state index contributed by atoms with van der Waals surface area (Å²) >= 11 is 0. The number of hydrogen-bond acceptors (Lipinski definition) is 3. The number of carbonyl (C=O) groups is 1. The van der Waals surface area contributed by atoms with E-state index in [0.717, 1.165) is 5.30 Å². The Bertz CT molecular complexity index is 735. The van der Waals surface area contributed by atoms with Gasteiger partial charge in [-0.3, -0.25) is 4.79 Å². The van der Waals surface area contributed by atoms with E-state index < -0.39 is 0 Å². The first-order chi connectivity index (χ1) is 11.9. The van der Waals surface area contributed by atoms with Crippen molar-refractivity contribution >= 4 is 38.3 Å². The zero-order valence-electron chi connectivity index (χ0n) is 15.8. The average Bonchev–Trinajstić information content (AvgIpc) is 2.60. The van der Waals surface area contributed by atoms with E-state index in [1.807, 2.05) is 6.07 Å². The van der Waals surface area contributed by atoms with Gasteiger partial charge in [-0.05, 0) is 49.0 Å². The molecule has 0 radical (unpaired) electrons. The first kappa shape index (κ1) is 22.8. The number of benzene rings is 2. The molecule has 0 aliphatic rings. The average molecular weight is 366 g/mol. The normalized spacial score (nSPS) is 11.1. The summed E-state index contributed by atoms with van der Waals surface area (Å²) in [6, 6.07) is 11.9. The van der Waals surface area contributed by atoms with Crippen LogP contribution in [0.1, 0.15) is 61.0 Å². The summed E-state index contributed by atoms with van der Waals surface area (Å²) in [5.41, 5.74) is 3.05. The first-order valence-corrected chi connectivity index (χ1v) is 9.55. The number of hydrogen-bond donors (Lipinski definition) is 0. The van der Waals surface area contributed by atoms with Crippen molar-refractivity contribution in [1.29, 1.82) is 0 Å². The zero-order chi connectivity index (χ0) is 18.6. The van der Waals surface area contributed by atoms with Crippen LogP contribution in [0.3, 0.4) is 0 Å². The van der Waals surface area contributed by atoms with Gasteiger partial charge in [0.1, 0.15) is 17.1 Å². The van der Waals surface area contributed by atoms with E-state index >= 15 is 0 Å². The van der Waals surface area contributed by atoms with Gasteiger partial charge in [-0.2, -0.15) is 0 Å². The SMILES string of the molecule is COc1cccc(OC)c1C(=O)Pc1cc(C(C)C)ccc1C(C)C.[LiH]. The molecule has 26 heavy (non-hydrogen) atoms. The summed E-state index contributed by atoms with van der Waals surface area (Å²) in [4.78, 5) is 13.1. The van der Waals surface area contributed by atoms with Crippen LogP contribution in [-0.4, -0.2) is 38.6 Å². The Labute approximate surface area is 170 Å². The van der Waals surface area contributed by atoms with Crippen LogP contribution in [0.4, 0.5) is 0 Å². The molecular formula is C21H28LiO3P. The molecule has 0 saturated heterocycles. The van der Waals surface area contributed by atoms with E-state index in [1.54, 1.807) is 26.4 Å². The van der Waals surface area contributed by atoms with Crippen LogP contribution in [0.25, 0.3) is 0 Å². The quantitative estimate of drug-likeness (QED) is 0.537. The molecule has 0 saturated carbocycles. The van der Waals surface area contributed by atoms with E-state index in [2.05, 4.69) is 45.9 Å². The van der Waals surface area contributed by atoms with Crippen LogP contribution < -0.4 is 14.8 Å². The Hall–Kier alpha value is -1.26. The van der Waals surface area contributed by atoms with Crippen molar-refractivity contribution in [1.82, 2.24) is 0 Å². The molecule has 2 aromatic rings. The number of carbonyl (C=O) groups excluding carboxylic acids is 1. The molecule has 0 bridgehead atoms. The first-order valence-electron chi connectivity index (χ1n) is 8.55. The fourth-order valence-corrected chi connectivity index (χ4v) is 4.18. The molecule has 2 aromatic carbocycles. The van der Waals surface area contributed by atoms with Crippen LogP contribution in [0, 0.1) is 0 Å². The zero-order valence-corrected chi connectivity index (χ0v) is 16.8. The maximum atomic E-state index is 13.1. The molecule has 136 valence electrons. The number of methoxy groups -OCH3 is 2. The van der Waals surface area contributed by atoms with Crippen molar-refractivity contribution in [3.05, 3.63) is 53.1 Å². The van der Waals surface area contributed by atoms with E-state index in [4.69, 9.17) is 9.47 Å². The standard InChI is InChI=1S/C21H27O3P.Li.H/c1-13(2)15-10-11-16(14(3)4)19(12-15)25-21(22)20-17(23-5)8-7-9-18(20)24-6;;/h7-14,25H,1-6H3;;. The Morgan fingerprint density at radius 3 is 1.96 bits per heavy atom. The topological polar surface area (TPSA) is 35.5 Å². The monoisotopic (exact) mass is 366 g/mol. The summed E-state index contributed by atoms with van der Waals surface area (Å²) in [6.07, 6.45) is 0. The van der Waals surface area contributed by atoms with Crippen LogP contribution in [0.15, 0.2) is 36.4 Å². The minimum absolute atomic E-state index is 0. The molecule has 0 amide bonds. The van der Waals surface area contributed by atoms with Gasteiger partial charge in [-0.25, -0.2) is 0 Å². The molecule has 0 N–H and O–H groups in total. The third-order valence-corrected chi connectivity index (χ3v) is 5.45. The molecule has 0 spiro atoms. The Morgan fingerprint density at radius 1 is 0.923 bits per heavy atom. The van der Waals surface area contributed by atoms with E-state index in [-0.39, 0.29) is 33.0 Å². The Kier molecular flexibility index (Phi) is 8.91. The second-order valence-corrected chi connectivity index (χ2v) is 7.89. The molecule has 0 aromatic heterocycles. The van der Waals surface area contributed by atoms with Crippen LogP contribution in [0.5, 0.6) is 11.5 Å². The third kappa shape index (κ3) is 5.14. The van der Waals surface area contributed by atoms with Gasteiger partial charge in [0.05, 0.1) is 14.2 Å². The van der Waals surface area contributed by atoms with E-state index in [1.165, 1.54) is 11.1 Å². The van der Waals surface area contributed by atoms with E-state index in [9.17, 15) is 4.79 Å². The third-order valence-electron chi connectivity index (χ3n) is 4.27. The van der Waals surface area contributed by atoms with Crippen LogP contribution in [-0.2, 0) is 0 Å². The number of rotatable bonds is 7. The molecular weight excluding hydrogens is 338 g/mol. The predicted molar refractivity (Wildman–Crippen MR) is 114 cm³/mol. The number of ether oxygens (including phenoxy) is 2. The summed E-state index contributed by atoms with van der Waals surface area (Å²) < 4.78 is 10.8. The second kappa shape index (κ2) is 10.2. The van der Waals surface area contributed by atoms with E-state index in [0.29, 0.717) is 28.9 Å². The van der Waals surface area contributed by atoms with Gasteiger partial charge in [0.2, 0.25) is 0 Å². The maximum absolute atomic E-state index is 13.1. The molecule has 0 aliphatic heterocycles. The molecule has 0 fully saturated rings. The molecule has 1 atom stereocenters. The second-order valence-electron chi connectivity index (χ2n) is 6.65. The van der Waals surface area contributed by atoms with Crippen LogP contribution >= 0.6 is 8.58 Å². The van der Waals surface area contributed by atoms with Crippen molar-refractivity contribution < 1.29 is 14.3 Å². The summed E-state index contributed by atoms with van der Waals surface area (Å²) in [5.74, 6) is 1.92. The molecule has 3 nitrogen and oxygen atoms in total. The minimum atomic E-state index is 0. The van der Waals surface area contributed by atoms with Crippen molar-refractivity contribution in [2.75, 3.05) is 14.2 Å². The van der Waals surface area contributed by atoms with Gasteiger partial charge in [-0.1, -0.05) is 52.0 Å². The van der Waals surface area contributed by atoms with Gasteiger partial charge in [0.25, 0.3) is 0 Å². The molecule has 1 unspecified atom stereocenters. The molecule has 0 aliphatic carbocycles. The van der Waals surface area contributed by atoms with Crippen LogP contribution in [0.2, 0.25) is 0 Å². The van der Waals surface area contributed by atoms with Gasteiger partial charge in [0, 0.05) is 0 Å². The van der Waals surface area contributed by atoms with Crippen molar-refractivity contribution in [3.8, 4) is 11.5 Å². The predicted octanol–water partition coefficient (Wildman–Crippen LogP) is 4.45. The van der Waals surface area contributed by atoms with Gasteiger partial charge >= 0.3 is 18.9 Å². The van der Waals surface area contributed by atoms with Crippen molar-refractivity contribution in [2.45, 2.75) is 39.5 Å². The fraction of sp³-hybridized carbons (Fsp3) is 0.381. The molecule has 2 rings (SSSR count).